The topological polar surface area (TPSA) is 42.0 Å². The molecule has 184 valence electrons. The quantitative estimate of drug-likeness (QED) is 0.554. The van der Waals surface area contributed by atoms with Crippen molar-refractivity contribution in [3.8, 4) is 5.75 Å². The Labute approximate surface area is 202 Å². The van der Waals surface area contributed by atoms with Crippen LogP contribution < -0.4 is 4.74 Å². The van der Waals surface area contributed by atoms with E-state index in [9.17, 15) is 9.18 Å². The Balaban J connectivity index is 1.41. The third-order valence-electron chi connectivity index (χ3n) is 7.32. The van der Waals surface area contributed by atoms with Crippen molar-refractivity contribution in [3.05, 3.63) is 65.5 Å². The number of likely N-dealkylation sites (tertiary alicyclic amines) is 1. The number of benzene rings is 2. The van der Waals surface area contributed by atoms with E-state index >= 15 is 0 Å². The van der Waals surface area contributed by atoms with Gasteiger partial charge in [0.2, 0.25) is 0 Å². The number of hydrogen-bond donors (Lipinski definition) is 0. The largest absolute Gasteiger partial charge is 0.489 e. The highest BCUT2D eigenvalue weighted by Crippen LogP contribution is 2.37. The van der Waals surface area contributed by atoms with E-state index < -0.39 is 0 Å². The van der Waals surface area contributed by atoms with Gasteiger partial charge in [0.05, 0.1) is 5.60 Å². The Hall–Kier alpha value is -2.44. The van der Waals surface area contributed by atoms with Crippen LogP contribution in [0, 0.1) is 5.82 Å². The molecule has 0 radical (unpaired) electrons. The van der Waals surface area contributed by atoms with Gasteiger partial charge in [-0.05, 0) is 82.3 Å². The highest BCUT2D eigenvalue weighted by atomic mass is 19.1. The zero-order chi connectivity index (χ0) is 24.1. The van der Waals surface area contributed by atoms with Crippen LogP contribution in [0.5, 0.6) is 5.75 Å². The summed E-state index contributed by atoms with van der Waals surface area (Å²) in [6, 6.07) is 14.4. The lowest BCUT2D eigenvalue weighted by Gasteiger charge is -2.49. The lowest BCUT2D eigenvalue weighted by Crippen LogP contribution is -2.55. The van der Waals surface area contributed by atoms with Gasteiger partial charge in [0.15, 0.2) is 0 Å². The van der Waals surface area contributed by atoms with Crippen molar-refractivity contribution in [2.24, 2.45) is 0 Å². The summed E-state index contributed by atoms with van der Waals surface area (Å²) in [5, 5.41) is 0. The van der Waals surface area contributed by atoms with Gasteiger partial charge in [-0.3, -0.25) is 4.79 Å². The number of carbonyl (C=O) groups excluding carboxylic acids is 1. The minimum atomic E-state index is -0.285. The summed E-state index contributed by atoms with van der Waals surface area (Å²) in [6.07, 6.45) is 3.81. The van der Waals surface area contributed by atoms with Crippen LogP contribution in [0.1, 0.15) is 62.4 Å². The van der Waals surface area contributed by atoms with Gasteiger partial charge in [0, 0.05) is 43.9 Å². The summed E-state index contributed by atoms with van der Waals surface area (Å²) in [4.78, 5) is 18.0. The molecule has 5 nitrogen and oxygen atoms in total. The van der Waals surface area contributed by atoms with Crippen molar-refractivity contribution in [2.75, 3.05) is 26.2 Å². The van der Waals surface area contributed by atoms with Crippen LogP contribution in [0.15, 0.2) is 48.5 Å². The van der Waals surface area contributed by atoms with E-state index in [0.29, 0.717) is 30.5 Å². The fraction of sp³-hybridized carbons (Fsp3) is 0.536. The van der Waals surface area contributed by atoms with Gasteiger partial charge in [0.25, 0.3) is 5.91 Å². The predicted octanol–water partition coefficient (Wildman–Crippen LogP) is 5.29. The maximum atomic E-state index is 13.5. The lowest BCUT2D eigenvalue weighted by atomic mass is 9.81. The minimum absolute atomic E-state index is 0.0281. The third-order valence-corrected chi connectivity index (χ3v) is 7.32. The second-order valence-corrected chi connectivity index (χ2v) is 9.85. The molecule has 2 aromatic carbocycles. The van der Waals surface area contributed by atoms with E-state index in [1.807, 2.05) is 36.1 Å². The van der Waals surface area contributed by atoms with Gasteiger partial charge in [-0.1, -0.05) is 18.2 Å². The molecule has 0 aliphatic carbocycles. The van der Waals surface area contributed by atoms with Crippen LogP contribution in [0.25, 0.3) is 0 Å². The molecule has 0 aromatic heterocycles. The molecule has 6 heteroatoms. The Kier molecular flexibility index (Phi) is 7.89. The predicted molar refractivity (Wildman–Crippen MR) is 132 cm³/mol. The third kappa shape index (κ3) is 5.78. The molecule has 0 saturated carbocycles. The molecular weight excluding hydrogens is 431 g/mol. The molecule has 2 fully saturated rings. The highest BCUT2D eigenvalue weighted by molar-refractivity contribution is 5.94. The number of rotatable bonds is 7. The zero-order valence-electron chi connectivity index (χ0n) is 20.6. The summed E-state index contributed by atoms with van der Waals surface area (Å²) in [7, 11) is 0. The van der Waals surface area contributed by atoms with E-state index in [2.05, 4.69) is 18.7 Å². The number of nitrogens with zero attached hydrogens (tertiary/aromatic N) is 2. The first-order valence-corrected chi connectivity index (χ1v) is 12.6. The van der Waals surface area contributed by atoms with Gasteiger partial charge >= 0.3 is 0 Å². The Morgan fingerprint density at radius 1 is 1.21 bits per heavy atom. The Morgan fingerprint density at radius 2 is 1.97 bits per heavy atom. The van der Waals surface area contributed by atoms with Crippen molar-refractivity contribution in [1.29, 1.82) is 0 Å². The van der Waals surface area contributed by atoms with Crippen LogP contribution in [-0.4, -0.2) is 59.6 Å². The number of carbonyl (C=O) groups is 1. The number of hydrogen-bond acceptors (Lipinski definition) is 4. The molecule has 0 unspecified atom stereocenters. The molecule has 2 aromatic rings. The summed E-state index contributed by atoms with van der Waals surface area (Å²) in [5.74, 6) is 0.351. The average molecular weight is 469 g/mol. The minimum Gasteiger partial charge on any atom is -0.489 e. The maximum absolute atomic E-state index is 13.5. The first kappa shape index (κ1) is 24.7. The standard InChI is InChI=1S/C28H37FN2O3/c1-4-31(25-11-16-34-28(19-25)12-14-30(15-13-28)21(2)3)27(32)23-8-6-10-26(18-23)33-20-22-7-5-9-24(29)17-22/h5-10,17-18,21,25H,4,11-16,19-20H2,1-3H3/t25-/m0/s1. The number of ether oxygens (including phenoxy) is 2. The molecular formula is C28H37FN2O3. The fourth-order valence-electron chi connectivity index (χ4n) is 5.31. The fourth-order valence-corrected chi connectivity index (χ4v) is 5.31. The van der Waals surface area contributed by atoms with Crippen molar-refractivity contribution in [1.82, 2.24) is 9.80 Å². The molecule has 0 N–H and O–H groups in total. The Morgan fingerprint density at radius 3 is 2.68 bits per heavy atom. The zero-order valence-corrected chi connectivity index (χ0v) is 20.6. The van der Waals surface area contributed by atoms with Gasteiger partial charge < -0.3 is 19.3 Å². The molecule has 0 bridgehead atoms. The molecule has 4 rings (SSSR count). The monoisotopic (exact) mass is 468 g/mol. The van der Waals surface area contributed by atoms with Crippen LogP contribution in [0.2, 0.25) is 0 Å². The molecule has 2 heterocycles. The van der Waals surface area contributed by atoms with Gasteiger partial charge in [-0.25, -0.2) is 4.39 Å². The molecule has 34 heavy (non-hydrogen) atoms. The number of halogens is 1. The van der Waals surface area contributed by atoms with Crippen LogP contribution in [0.3, 0.4) is 0 Å². The van der Waals surface area contributed by atoms with Crippen LogP contribution in [-0.2, 0) is 11.3 Å². The summed E-state index contributed by atoms with van der Waals surface area (Å²) >= 11 is 0. The van der Waals surface area contributed by atoms with E-state index in [-0.39, 0.29) is 30.0 Å². The van der Waals surface area contributed by atoms with Crippen LogP contribution in [0.4, 0.5) is 4.39 Å². The number of amides is 1. The van der Waals surface area contributed by atoms with Gasteiger partial charge in [0.1, 0.15) is 18.2 Å². The maximum Gasteiger partial charge on any atom is 0.254 e. The summed E-state index contributed by atoms with van der Waals surface area (Å²) < 4.78 is 25.6. The first-order valence-electron chi connectivity index (χ1n) is 12.6. The van der Waals surface area contributed by atoms with Crippen LogP contribution >= 0.6 is 0 Å². The van der Waals surface area contributed by atoms with Crippen molar-refractivity contribution in [3.63, 3.8) is 0 Å². The smallest absolute Gasteiger partial charge is 0.254 e. The average Bonchev–Trinajstić information content (AvgIpc) is 2.84. The van der Waals surface area contributed by atoms with E-state index in [1.165, 1.54) is 12.1 Å². The lowest BCUT2D eigenvalue weighted by molar-refractivity contribution is -0.131. The molecule has 2 aliphatic heterocycles. The Bertz CT molecular complexity index is 972. The van der Waals surface area contributed by atoms with Crippen molar-refractivity contribution < 1.29 is 18.7 Å². The highest BCUT2D eigenvalue weighted by Gasteiger charge is 2.42. The van der Waals surface area contributed by atoms with Gasteiger partial charge in [-0.2, -0.15) is 0 Å². The number of piperidine rings is 1. The van der Waals surface area contributed by atoms with Gasteiger partial charge in [-0.15, -0.1) is 0 Å². The summed E-state index contributed by atoms with van der Waals surface area (Å²) in [6.45, 7) is 10.3. The van der Waals surface area contributed by atoms with E-state index in [1.54, 1.807) is 12.1 Å². The second-order valence-electron chi connectivity index (χ2n) is 9.85. The molecule has 2 saturated heterocycles. The van der Waals surface area contributed by atoms with Crippen molar-refractivity contribution >= 4 is 5.91 Å². The molecule has 1 spiro atoms. The second kappa shape index (κ2) is 10.9. The van der Waals surface area contributed by atoms with E-state index in [0.717, 1.165) is 44.3 Å². The molecule has 1 atom stereocenters. The SMILES string of the molecule is CCN(C(=O)c1cccc(OCc2cccc(F)c2)c1)[C@H]1CCOC2(CCN(C(C)C)CC2)C1. The summed E-state index contributed by atoms with van der Waals surface area (Å²) in [5.41, 5.74) is 1.26. The normalized spacial score (nSPS) is 20.4. The molecule has 2 aliphatic rings. The van der Waals surface area contributed by atoms with Crippen molar-refractivity contribution in [2.45, 2.75) is 70.7 Å². The van der Waals surface area contributed by atoms with E-state index in [4.69, 9.17) is 9.47 Å². The first-order chi connectivity index (χ1) is 16.4. The molecule has 1 amide bonds.